The van der Waals surface area contributed by atoms with Crippen LogP contribution >= 0.6 is 11.3 Å². The fraction of sp³-hybridized carbons (Fsp3) is 0.250. The number of anilines is 1. The molecule has 136 valence electrons. The summed E-state index contributed by atoms with van der Waals surface area (Å²) in [6.07, 6.45) is 1.65. The molecule has 0 radical (unpaired) electrons. The number of nitrogens with one attached hydrogen (secondary N) is 1. The number of furan rings is 1. The van der Waals surface area contributed by atoms with Gasteiger partial charge in [-0.25, -0.2) is 0 Å². The summed E-state index contributed by atoms with van der Waals surface area (Å²) >= 11 is 1.68. The lowest BCUT2D eigenvalue weighted by atomic mass is 10.3. The Morgan fingerprint density at radius 1 is 1.15 bits per heavy atom. The predicted molar refractivity (Wildman–Crippen MR) is 103 cm³/mol. The molecule has 0 saturated heterocycles. The number of hydrogen-bond donors (Lipinski definition) is 1. The standard InChI is InChI=1S/C20H22N2O3S/c1-2-24-19-10-4-3-9-18(19)21-20(23)15-22(13-16-7-5-11-25-16)14-17-8-6-12-26-17/h3-12H,2,13-15H2,1H3,(H,21,23). The molecule has 1 amide bonds. The van der Waals surface area contributed by atoms with E-state index < -0.39 is 0 Å². The molecule has 6 heteroatoms. The van der Waals surface area contributed by atoms with Crippen LogP contribution in [0, 0.1) is 0 Å². The van der Waals surface area contributed by atoms with Gasteiger partial charge in [0.05, 0.1) is 31.6 Å². The first-order chi connectivity index (χ1) is 12.7. The third kappa shape index (κ3) is 5.21. The maximum absolute atomic E-state index is 12.6. The second kappa shape index (κ2) is 9.22. The van der Waals surface area contributed by atoms with Crippen molar-refractivity contribution in [2.75, 3.05) is 18.5 Å². The highest BCUT2D eigenvalue weighted by atomic mass is 32.1. The molecule has 0 bridgehead atoms. The monoisotopic (exact) mass is 370 g/mol. The number of para-hydroxylation sites is 2. The van der Waals surface area contributed by atoms with Crippen LogP contribution in [0.25, 0.3) is 0 Å². The van der Waals surface area contributed by atoms with Crippen LogP contribution in [0.4, 0.5) is 5.69 Å². The van der Waals surface area contributed by atoms with E-state index in [1.54, 1.807) is 17.6 Å². The van der Waals surface area contributed by atoms with Crippen molar-refractivity contribution in [1.82, 2.24) is 4.90 Å². The van der Waals surface area contributed by atoms with Gasteiger partial charge in [0.15, 0.2) is 0 Å². The highest BCUT2D eigenvalue weighted by Crippen LogP contribution is 2.23. The zero-order valence-electron chi connectivity index (χ0n) is 14.7. The normalized spacial score (nSPS) is 10.8. The van der Waals surface area contributed by atoms with Gasteiger partial charge in [-0.1, -0.05) is 18.2 Å². The van der Waals surface area contributed by atoms with Crippen molar-refractivity contribution in [3.05, 3.63) is 70.8 Å². The van der Waals surface area contributed by atoms with Gasteiger partial charge < -0.3 is 14.5 Å². The first-order valence-electron chi connectivity index (χ1n) is 8.53. The average Bonchev–Trinajstić information content (AvgIpc) is 3.31. The van der Waals surface area contributed by atoms with Crippen LogP contribution in [0.1, 0.15) is 17.6 Å². The van der Waals surface area contributed by atoms with E-state index in [2.05, 4.69) is 16.3 Å². The van der Waals surface area contributed by atoms with Crippen LogP contribution in [-0.4, -0.2) is 24.0 Å². The van der Waals surface area contributed by atoms with Crippen molar-refractivity contribution < 1.29 is 13.9 Å². The summed E-state index contributed by atoms with van der Waals surface area (Å²) in [7, 11) is 0. The minimum atomic E-state index is -0.0831. The van der Waals surface area contributed by atoms with Crippen molar-refractivity contribution in [2.45, 2.75) is 20.0 Å². The Morgan fingerprint density at radius 2 is 2.04 bits per heavy atom. The second-order valence-corrected chi connectivity index (χ2v) is 6.81. The molecular formula is C20H22N2O3S. The van der Waals surface area contributed by atoms with Gasteiger partial charge in [0.25, 0.3) is 0 Å². The van der Waals surface area contributed by atoms with E-state index in [0.29, 0.717) is 31.1 Å². The lowest BCUT2D eigenvalue weighted by Crippen LogP contribution is -2.32. The summed E-state index contributed by atoms with van der Waals surface area (Å²) in [6, 6.07) is 15.3. The third-order valence-electron chi connectivity index (χ3n) is 3.75. The largest absolute Gasteiger partial charge is 0.492 e. The lowest BCUT2D eigenvalue weighted by Gasteiger charge is -2.20. The van der Waals surface area contributed by atoms with Crippen LogP contribution < -0.4 is 10.1 Å². The van der Waals surface area contributed by atoms with Crippen LogP contribution in [0.2, 0.25) is 0 Å². The molecule has 26 heavy (non-hydrogen) atoms. The molecule has 0 atom stereocenters. The minimum absolute atomic E-state index is 0.0831. The van der Waals surface area contributed by atoms with E-state index in [1.807, 2.05) is 54.8 Å². The third-order valence-corrected chi connectivity index (χ3v) is 4.61. The molecule has 0 saturated carbocycles. The van der Waals surface area contributed by atoms with Crippen molar-refractivity contribution in [3.8, 4) is 5.75 Å². The number of thiophene rings is 1. The first-order valence-corrected chi connectivity index (χ1v) is 9.41. The summed E-state index contributed by atoms with van der Waals surface area (Å²) in [6.45, 7) is 4.00. The second-order valence-electron chi connectivity index (χ2n) is 5.78. The van der Waals surface area contributed by atoms with Crippen LogP contribution in [0.5, 0.6) is 5.75 Å². The van der Waals surface area contributed by atoms with Crippen molar-refractivity contribution in [2.24, 2.45) is 0 Å². The Bertz CT molecular complexity index is 764. The summed E-state index contributed by atoms with van der Waals surface area (Å²) in [4.78, 5) is 15.9. The summed E-state index contributed by atoms with van der Waals surface area (Å²) in [5.41, 5.74) is 0.688. The van der Waals surface area contributed by atoms with E-state index in [1.165, 1.54) is 4.88 Å². The van der Waals surface area contributed by atoms with Crippen LogP contribution in [-0.2, 0) is 17.9 Å². The van der Waals surface area contributed by atoms with E-state index in [9.17, 15) is 4.79 Å². The van der Waals surface area contributed by atoms with Gasteiger partial charge in [0.2, 0.25) is 5.91 Å². The predicted octanol–water partition coefficient (Wildman–Crippen LogP) is 4.38. The molecule has 0 aliphatic rings. The molecule has 3 rings (SSSR count). The maximum atomic E-state index is 12.6. The number of carbonyl (C=O) groups excluding carboxylic acids is 1. The Kier molecular flexibility index (Phi) is 6.46. The Labute approximate surface area is 157 Å². The topological polar surface area (TPSA) is 54.7 Å². The molecule has 0 unspecified atom stereocenters. The number of ether oxygens (including phenoxy) is 1. The maximum Gasteiger partial charge on any atom is 0.238 e. The molecule has 5 nitrogen and oxygen atoms in total. The molecule has 0 aliphatic carbocycles. The average molecular weight is 370 g/mol. The van der Waals surface area contributed by atoms with E-state index in [0.717, 1.165) is 5.76 Å². The highest BCUT2D eigenvalue weighted by Gasteiger charge is 2.15. The van der Waals surface area contributed by atoms with Crippen molar-refractivity contribution >= 4 is 22.9 Å². The SMILES string of the molecule is CCOc1ccccc1NC(=O)CN(Cc1ccco1)Cc1cccs1. The number of amides is 1. The quantitative estimate of drug-likeness (QED) is 0.607. The van der Waals surface area contributed by atoms with Crippen LogP contribution in [0.15, 0.2) is 64.6 Å². The summed E-state index contributed by atoms with van der Waals surface area (Å²) < 4.78 is 11.0. The van der Waals surface area contributed by atoms with Gasteiger partial charge in [-0.15, -0.1) is 11.3 Å². The van der Waals surface area contributed by atoms with Crippen molar-refractivity contribution in [1.29, 1.82) is 0 Å². The fourth-order valence-electron chi connectivity index (χ4n) is 2.66. The zero-order valence-corrected chi connectivity index (χ0v) is 15.5. The molecule has 0 fully saturated rings. The molecule has 3 aromatic rings. The smallest absolute Gasteiger partial charge is 0.238 e. The molecule has 2 heterocycles. The number of benzene rings is 1. The molecule has 2 aromatic heterocycles. The van der Waals surface area contributed by atoms with Gasteiger partial charge in [0.1, 0.15) is 11.5 Å². The van der Waals surface area contributed by atoms with Gasteiger partial charge in [0, 0.05) is 11.4 Å². The van der Waals surface area contributed by atoms with Gasteiger partial charge >= 0.3 is 0 Å². The molecule has 1 aromatic carbocycles. The fourth-order valence-corrected chi connectivity index (χ4v) is 3.40. The summed E-state index contributed by atoms with van der Waals surface area (Å²) in [5.74, 6) is 1.43. The Hall–Kier alpha value is -2.57. The molecule has 0 aliphatic heterocycles. The van der Waals surface area contributed by atoms with Gasteiger partial charge in [-0.05, 0) is 42.6 Å². The number of rotatable bonds is 9. The molecule has 0 spiro atoms. The lowest BCUT2D eigenvalue weighted by molar-refractivity contribution is -0.117. The highest BCUT2D eigenvalue weighted by molar-refractivity contribution is 7.09. The van der Waals surface area contributed by atoms with E-state index >= 15 is 0 Å². The van der Waals surface area contributed by atoms with E-state index in [-0.39, 0.29) is 12.5 Å². The summed E-state index contributed by atoms with van der Waals surface area (Å²) in [5, 5.41) is 4.99. The van der Waals surface area contributed by atoms with Crippen LogP contribution in [0.3, 0.4) is 0 Å². The Balaban J connectivity index is 1.66. The first kappa shape index (κ1) is 18.2. The van der Waals surface area contributed by atoms with Crippen molar-refractivity contribution in [3.63, 3.8) is 0 Å². The number of carbonyl (C=O) groups is 1. The minimum Gasteiger partial charge on any atom is -0.492 e. The Morgan fingerprint density at radius 3 is 2.77 bits per heavy atom. The molecular weight excluding hydrogens is 348 g/mol. The van der Waals surface area contributed by atoms with Gasteiger partial charge in [-0.3, -0.25) is 9.69 Å². The van der Waals surface area contributed by atoms with E-state index in [4.69, 9.17) is 9.15 Å². The zero-order chi connectivity index (χ0) is 18.2. The number of nitrogens with zero attached hydrogens (tertiary/aromatic N) is 1. The molecule has 1 N–H and O–H groups in total. The number of hydrogen-bond acceptors (Lipinski definition) is 5. The van der Waals surface area contributed by atoms with Gasteiger partial charge in [-0.2, -0.15) is 0 Å².